The van der Waals surface area contributed by atoms with Gasteiger partial charge in [0, 0.05) is 18.8 Å². The van der Waals surface area contributed by atoms with Gasteiger partial charge in [0.1, 0.15) is 11.6 Å². The molecule has 0 spiro atoms. The fourth-order valence-electron chi connectivity index (χ4n) is 1.44. The quantitative estimate of drug-likeness (QED) is 0.816. The Morgan fingerprint density at radius 3 is 2.73 bits per heavy atom. The highest BCUT2D eigenvalue weighted by Crippen LogP contribution is 2.17. The lowest BCUT2D eigenvalue weighted by atomic mass is 10.3. The van der Waals surface area contributed by atoms with Crippen LogP contribution in [0.4, 0.5) is 15.9 Å². The van der Waals surface area contributed by atoms with Gasteiger partial charge in [-0.15, -0.1) is 0 Å². The lowest BCUT2D eigenvalue weighted by Crippen LogP contribution is -1.99. The van der Waals surface area contributed by atoms with E-state index in [4.69, 9.17) is 0 Å². The second-order valence-electron chi connectivity index (χ2n) is 3.43. The van der Waals surface area contributed by atoms with E-state index in [1.807, 2.05) is 26.1 Å². The molecule has 0 aliphatic rings. The maximum absolute atomic E-state index is 12.9. The predicted molar refractivity (Wildman–Crippen MR) is 57.6 cm³/mol. The van der Waals surface area contributed by atoms with Gasteiger partial charge in [0.2, 0.25) is 0 Å². The lowest BCUT2D eigenvalue weighted by Gasteiger charge is -2.05. The number of anilines is 2. The van der Waals surface area contributed by atoms with Crippen LogP contribution < -0.4 is 5.32 Å². The molecule has 1 aromatic heterocycles. The average Bonchev–Trinajstić information content (AvgIpc) is 2.45. The molecular weight excluding hydrogens is 193 g/mol. The van der Waals surface area contributed by atoms with Crippen molar-refractivity contribution in [1.82, 2.24) is 9.78 Å². The Kier molecular flexibility index (Phi) is 2.41. The fraction of sp³-hybridized carbons (Fsp3) is 0.182. The molecule has 1 N–H and O–H groups in total. The first-order valence-corrected chi connectivity index (χ1v) is 4.68. The molecule has 0 radical (unpaired) electrons. The summed E-state index contributed by atoms with van der Waals surface area (Å²) in [7, 11) is 1.84. The Labute approximate surface area is 87.5 Å². The molecule has 1 aromatic carbocycles. The first-order chi connectivity index (χ1) is 7.15. The van der Waals surface area contributed by atoms with Crippen molar-refractivity contribution in [2.24, 2.45) is 7.05 Å². The molecule has 15 heavy (non-hydrogen) atoms. The number of benzene rings is 1. The lowest BCUT2D eigenvalue weighted by molar-refractivity contribution is 0.628. The molecular formula is C11H12FN3. The maximum Gasteiger partial charge on any atom is 0.128 e. The zero-order valence-electron chi connectivity index (χ0n) is 8.66. The van der Waals surface area contributed by atoms with Gasteiger partial charge in [-0.1, -0.05) is 6.07 Å². The number of nitrogens with zero attached hydrogens (tertiary/aromatic N) is 2. The molecule has 78 valence electrons. The van der Waals surface area contributed by atoms with E-state index >= 15 is 0 Å². The summed E-state index contributed by atoms with van der Waals surface area (Å²) in [4.78, 5) is 0. The van der Waals surface area contributed by atoms with Gasteiger partial charge in [0.15, 0.2) is 0 Å². The van der Waals surface area contributed by atoms with E-state index in [9.17, 15) is 4.39 Å². The zero-order valence-corrected chi connectivity index (χ0v) is 8.66. The molecule has 0 saturated carbocycles. The van der Waals surface area contributed by atoms with Crippen LogP contribution >= 0.6 is 0 Å². The highest BCUT2D eigenvalue weighted by atomic mass is 19.1. The molecule has 0 aliphatic heterocycles. The van der Waals surface area contributed by atoms with E-state index in [1.54, 1.807) is 10.7 Å². The van der Waals surface area contributed by atoms with Gasteiger partial charge in [-0.05, 0) is 25.1 Å². The smallest absolute Gasteiger partial charge is 0.128 e. The molecule has 3 nitrogen and oxygen atoms in total. The number of aryl methyl sites for hydroxylation is 2. The van der Waals surface area contributed by atoms with Gasteiger partial charge in [-0.25, -0.2) is 4.39 Å². The Bertz CT molecular complexity index is 476. The summed E-state index contributed by atoms with van der Waals surface area (Å²) in [6.45, 7) is 1.91. The van der Waals surface area contributed by atoms with Crippen molar-refractivity contribution < 1.29 is 4.39 Å². The van der Waals surface area contributed by atoms with Crippen LogP contribution in [0.2, 0.25) is 0 Å². The topological polar surface area (TPSA) is 29.9 Å². The van der Waals surface area contributed by atoms with Gasteiger partial charge in [-0.3, -0.25) is 4.68 Å². The number of halogens is 1. The van der Waals surface area contributed by atoms with E-state index in [0.717, 1.165) is 17.2 Å². The van der Waals surface area contributed by atoms with Crippen molar-refractivity contribution in [1.29, 1.82) is 0 Å². The van der Waals surface area contributed by atoms with Crippen LogP contribution in [0, 0.1) is 12.7 Å². The van der Waals surface area contributed by atoms with Crippen LogP contribution in [0.3, 0.4) is 0 Å². The van der Waals surface area contributed by atoms with Crippen LogP contribution in [0.1, 0.15) is 5.69 Å². The van der Waals surface area contributed by atoms with Gasteiger partial charge in [0.25, 0.3) is 0 Å². The van der Waals surface area contributed by atoms with E-state index in [-0.39, 0.29) is 5.82 Å². The second kappa shape index (κ2) is 3.73. The predicted octanol–water partition coefficient (Wildman–Crippen LogP) is 2.61. The second-order valence-corrected chi connectivity index (χ2v) is 3.43. The molecule has 1 heterocycles. The molecule has 0 atom stereocenters. The fourth-order valence-corrected chi connectivity index (χ4v) is 1.44. The molecule has 0 amide bonds. The monoisotopic (exact) mass is 205 g/mol. The number of nitrogens with one attached hydrogen (secondary N) is 1. The third-order valence-corrected chi connectivity index (χ3v) is 2.10. The summed E-state index contributed by atoms with van der Waals surface area (Å²) in [5.41, 5.74) is 1.65. The van der Waals surface area contributed by atoms with E-state index in [0.29, 0.717) is 0 Å². The molecule has 2 rings (SSSR count). The van der Waals surface area contributed by atoms with E-state index in [2.05, 4.69) is 10.4 Å². The molecule has 0 saturated heterocycles. The van der Waals surface area contributed by atoms with Crippen LogP contribution in [0.5, 0.6) is 0 Å². The Hall–Kier alpha value is -1.84. The molecule has 0 unspecified atom stereocenters. The highest BCUT2D eigenvalue weighted by molar-refractivity contribution is 5.56. The van der Waals surface area contributed by atoms with Crippen molar-refractivity contribution >= 4 is 11.5 Å². The van der Waals surface area contributed by atoms with Gasteiger partial charge in [-0.2, -0.15) is 5.10 Å². The molecule has 0 fully saturated rings. The minimum absolute atomic E-state index is 0.251. The number of aromatic nitrogens is 2. The SMILES string of the molecule is Cc1cc(Nc2cccc(F)c2)n(C)n1. The van der Waals surface area contributed by atoms with Crippen molar-refractivity contribution in [3.8, 4) is 0 Å². The van der Waals surface area contributed by atoms with Gasteiger partial charge >= 0.3 is 0 Å². The summed E-state index contributed by atoms with van der Waals surface area (Å²) in [6.07, 6.45) is 0. The van der Waals surface area contributed by atoms with Crippen molar-refractivity contribution in [3.63, 3.8) is 0 Å². The number of hydrogen-bond acceptors (Lipinski definition) is 2. The van der Waals surface area contributed by atoms with E-state index < -0.39 is 0 Å². The van der Waals surface area contributed by atoms with Crippen LogP contribution in [-0.4, -0.2) is 9.78 Å². The zero-order chi connectivity index (χ0) is 10.8. The van der Waals surface area contributed by atoms with Crippen molar-refractivity contribution in [2.75, 3.05) is 5.32 Å². The highest BCUT2D eigenvalue weighted by Gasteiger charge is 2.02. The summed E-state index contributed by atoms with van der Waals surface area (Å²) in [5.74, 6) is 0.594. The molecule has 0 aliphatic carbocycles. The minimum atomic E-state index is -0.251. The largest absolute Gasteiger partial charge is 0.340 e. The van der Waals surface area contributed by atoms with Gasteiger partial charge < -0.3 is 5.32 Å². The standard InChI is InChI=1S/C11H12FN3/c1-8-6-11(15(2)14-8)13-10-5-3-4-9(12)7-10/h3-7,13H,1-2H3. The minimum Gasteiger partial charge on any atom is -0.340 e. The summed E-state index contributed by atoms with van der Waals surface area (Å²) >= 11 is 0. The molecule has 2 aromatic rings. The molecule has 0 bridgehead atoms. The van der Waals surface area contributed by atoms with Crippen molar-refractivity contribution in [3.05, 3.63) is 41.8 Å². The van der Waals surface area contributed by atoms with Gasteiger partial charge in [0.05, 0.1) is 5.69 Å². The summed E-state index contributed by atoms with van der Waals surface area (Å²) in [6, 6.07) is 8.25. The maximum atomic E-state index is 12.9. The van der Waals surface area contributed by atoms with E-state index in [1.165, 1.54) is 12.1 Å². The van der Waals surface area contributed by atoms with Crippen LogP contribution in [0.25, 0.3) is 0 Å². The van der Waals surface area contributed by atoms with Crippen molar-refractivity contribution in [2.45, 2.75) is 6.92 Å². The summed E-state index contributed by atoms with van der Waals surface area (Å²) in [5, 5.41) is 7.28. The Morgan fingerprint density at radius 1 is 1.33 bits per heavy atom. The van der Waals surface area contributed by atoms with Crippen LogP contribution in [0.15, 0.2) is 30.3 Å². The third-order valence-electron chi connectivity index (χ3n) is 2.10. The number of hydrogen-bond donors (Lipinski definition) is 1. The first-order valence-electron chi connectivity index (χ1n) is 4.68. The molecule has 4 heteroatoms. The average molecular weight is 205 g/mol. The third kappa shape index (κ3) is 2.15. The van der Waals surface area contributed by atoms with Crippen LogP contribution in [-0.2, 0) is 7.05 Å². The normalized spacial score (nSPS) is 10.3. The summed E-state index contributed by atoms with van der Waals surface area (Å²) < 4.78 is 14.6. The first kappa shape index (κ1) is 9.71. The number of rotatable bonds is 2. The Morgan fingerprint density at radius 2 is 2.13 bits per heavy atom. The Balaban J connectivity index is 2.25.